The third-order valence-corrected chi connectivity index (χ3v) is 5.81. The molecule has 1 spiro atoms. The summed E-state index contributed by atoms with van der Waals surface area (Å²) in [5, 5.41) is 3.40. The molecule has 136 valence electrons. The normalized spacial score (nSPS) is 31.4. The number of carbonyl (C=O) groups is 1. The van der Waals surface area contributed by atoms with Gasteiger partial charge in [0.25, 0.3) is 0 Å². The monoisotopic (exact) mass is 348 g/mol. The van der Waals surface area contributed by atoms with Gasteiger partial charge in [-0.25, -0.2) is 14.4 Å². The van der Waals surface area contributed by atoms with E-state index in [2.05, 4.69) is 15.3 Å². The van der Waals surface area contributed by atoms with E-state index in [-0.39, 0.29) is 23.5 Å². The minimum absolute atomic E-state index is 0.0963. The number of carbonyl (C=O) groups excluding carboxylic acids is 1. The largest absolute Gasteiger partial charge is 0.375 e. The van der Waals surface area contributed by atoms with Crippen LogP contribution in [0.25, 0.3) is 0 Å². The van der Waals surface area contributed by atoms with E-state index in [0.29, 0.717) is 38.5 Å². The van der Waals surface area contributed by atoms with E-state index in [1.807, 2.05) is 4.90 Å². The standard InChI is InChI=1S/C18H25FN4O2/c19-14-10-13(11-14)16(24)23-7-3-18(4-8-23)12-15(2-9-25-18)22-17-20-5-1-6-21-17/h1,5-6,13-15H,2-4,7-12H2,(H,20,21,22). The molecule has 2 aliphatic heterocycles. The van der Waals surface area contributed by atoms with E-state index in [4.69, 9.17) is 4.74 Å². The first-order valence-electron chi connectivity index (χ1n) is 9.24. The Bertz CT molecular complexity index is 600. The molecule has 4 rings (SSSR count). The molecule has 1 aromatic heterocycles. The molecule has 1 saturated carbocycles. The van der Waals surface area contributed by atoms with Crippen LogP contribution in [-0.2, 0) is 9.53 Å². The van der Waals surface area contributed by atoms with Gasteiger partial charge in [0.2, 0.25) is 11.9 Å². The van der Waals surface area contributed by atoms with Crippen molar-refractivity contribution in [3.63, 3.8) is 0 Å². The molecule has 6 nitrogen and oxygen atoms in total. The van der Waals surface area contributed by atoms with Gasteiger partial charge in [0, 0.05) is 44.0 Å². The van der Waals surface area contributed by atoms with Gasteiger partial charge in [0.05, 0.1) is 5.60 Å². The van der Waals surface area contributed by atoms with Crippen LogP contribution < -0.4 is 5.32 Å². The summed E-state index contributed by atoms with van der Waals surface area (Å²) in [5.41, 5.74) is -0.163. The summed E-state index contributed by atoms with van der Waals surface area (Å²) >= 11 is 0. The van der Waals surface area contributed by atoms with Crippen molar-refractivity contribution < 1.29 is 13.9 Å². The zero-order valence-corrected chi connectivity index (χ0v) is 14.4. The van der Waals surface area contributed by atoms with Gasteiger partial charge in [-0.05, 0) is 44.6 Å². The number of ether oxygens (including phenoxy) is 1. The first-order chi connectivity index (χ1) is 12.1. The van der Waals surface area contributed by atoms with Gasteiger partial charge in [-0.3, -0.25) is 4.79 Å². The third kappa shape index (κ3) is 3.61. The Morgan fingerprint density at radius 1 is 1.28 bits per heavy atom. The van der Waals surface area contributed by atoms with Crippen molar-refractivity contribution in [1.82, 2.24) is 14.9 Å². The highest BCUT2D eigenvalue weighted by Gasteiger charge is 2.43. The van der Waals surface area contributed by atoms with Gasteiger partial charge in [-0.1, -0.05) is 0 Å². The minimum atomic E-state index is -0.779. The van der Waals surface area contributed by atoms with Crippen molar-refractivity contribution in [2.45, 2.75) is 56.3 Å². The molecule has 1 aliphatic carbocycles. The molecule has 1 amide bonds. The van der Waals surface area contributed by atoms with E-state index < -0.39 is 6.17 Å². The van der Waals surface area contributed by atoms with E-state index in [9.17, 15) is 9.18 Å². The molecule has 0 bridgehead atoms. The highest BCUT2D eigenvalue weighted by molar-refractivity contribution is 5.80. The highest BCUT2D eigenvalue weighted by atomic mass is 19.1. The van der Waals surface area contributed by atoms with Crippen LogP contribution in [-0.4, -0.2) is 58.3 Å². The number of halogens is 1. The second-order valence-electron chi connectivity index (χ2n) is 7.53. The maximum absolute atomic E-state index is 13.0. The lowest BCUT2D eigenvalue weighted by molar-refractivity contribution is -0.151. The molecule has 3 fully saturated rings. The molecular weight excluding hydrogens is 323 g/mol. The number of rotatable bonds is 3. The maximum atomic E-state index is 13.0. The van der Waals surface area contributed by atoms with Gasteiger partial charge >= 0.3 is 0 Å². The van der Waals surface area contributed by atoms with Crippen molar-refractivity contribution in [2.24, 2.45) is 5.92 Å². The van der Waals surface area contributed by atoms with Gasteiger partial charge < -0.3 is 15.0 Å². The lowest BCUT2D eigenvalue weighted by Gasteiger charge is -2.47. The van der Waals surface area contributed by atoms with Crippen molar-refractivity contribution in [3.05, 3.63) is 18.5 Å². The molecule has 25 heavy (non-hydrogen) atoms. The molecular formula is C18H25FN4O2. The van der Waals surface area contributed by atoms with Crippen molar-refractivity contribution in [1.29, 1.82) is 0 Å². The fourth-order valence-electron chi connectivity index (χ4n) is 4.20. The molecule has 1 atom stereocenters. The molecule has 0 aromatic carbocycles. The van der Waals surface area contributed by atoms with E-state index in [1.165, 1.54) is 0 Å². The topological polar surface area (TPSA) is 67.4 Å². The molecule has 1 N–H and O–H groups in total. The average Bonchev–Trinajstić information content (AvgIpc) is 2.60. The highest BCUT2D eigenvalue weighted by Crippen LogP contribution is 2.38. The van der Waals surface area contributed by atoms with Crippen LogP contribution in [0.5, 0.6) is 0 Å². The number of amides is 1. The molecule has 3 heterocycles. The summed E-state index contributed by atoms with van der Waals surface area (Å²) < 4.78 is 19.1. The molecule has 0 radical (unpaired) electrons. The van der Waals surface area contributed by atoms with Crippen molar-refractivity contribution in [2.75, 3.05) is 25.0 Å². The number of nitrogens with one attached hydrogen (secondary N) is 1. The number of anilines is 1. The zero-order valence-electron chi connectivity index (χ0n) is 14.4. The lowest BCUT2D eigenvalue weighted by atomic mass is 9.79. The Morgan fingerprint density at radius 3 is 2.68 bits per heavy atom. The van der Waals surface area contributed by atoms with Crippen LogP contribution in [0.1, 0.15) is 38.5 Å². The summed E-state index contributed by atoms with van der Waals surface area (Å²) in [6, 6.07) is 2.09. The number of hydrogen-bond acceptors (Lipinski definition) is 5. The predicted molar refractivity (Wildman–Crippen MR) is 90.8 cm³/mol. The first kappa shape index (κ1) is 16.7. The Kier molecular flexibility index (Phi) is 4.58. The summed E-state index contributed by atoms with van der Waals surface area (Å²) in [6.45, 7) is 2.13. The third-order valence-electron chi connectivity index (χ3n) is 5.81. The summed E-state index contributed by atoms with van der Waals surface area (Å²) in [4.78, 5) is 22.8. The SMILES string of the molecule is O=C(C1CC(F)C1)N1CCC2(CC1)CC(Nc1ncccn1)CCO2. The first-order valence-corrected chi connectivity index (χ1v) is 9.24. The van der Waals surface area contributed by atoms with Crippen LogP contribution in [0, 0.1) is 5.92 Å². The molecule has 3 aliphatic rings. The van der Waals surface area contributed by atoms with Crippen molar-refractivity contribution in [3.8, 4) is 0 Å². The predicted octanol–water partition coefficient (Wildman–Crippen LogP) is 2.18. The zero-order chi connectivity index (χ0) is 17.3. The summed E-state index contributed by atoms with van der Waals surface area (Å²) in [5.74, 6) is 0.691. The number of nitrogens with zero attached hydrogens (tertiary/aromatic N) is 3. The van der Waals surface area contributed by atoms with Gasteiger partial charge in [0.1, 0.15) is 6.17 Å². The summed E-state index contributed by atoms with van der Waals surface area (Å²) in [6.07, 6.45) is 7.02. The number of piperidine rings is 1. The van der Waals surface area contributed by atoms with Gasteiger partial charge in [0.15, 0.2) is 0 Å². The average molecular weight is 348 g/mol. The second-order valence-corrected chi connectivity index (χ2v) is 7.53. The molecule has 1 aromatic rings. The molecule has 7 heteroatoms. The van der Waals surface area contributed by atoms with E-state index in [0.717, 1.165) is 25.7 Å². The molecule has 2 saturated heterocycles. The Balaban J connectivity index is 1.31. The Hall–Kier alpha value is -1.76. The number of hydrogen-bond donors (Lipinski definition) is 1. The van der Waals surface area contributed by atoms with Crippen LogP contribution in [0.3, 0.4) is 0 Å². The van der Waals surface area contributed by atoms with E-state index >= 15 is 0 Å². The lowest BCUT2D eigenvalue weighted by Crippen LogP contribution is -2.54. The number of likely N-dealkylation sites (tertiary alicyclic amines) is 1. The minimum Gasteiger partial charge on any atom is -0.375 e. The number of aromatic nitrogens is 2. The Morgan fingerprint density at radius 2 is 2.00 bits per heavy atom. The fourth-order valence-corrected chi connectivity index (χ4v) is 4.20. The van der Waals surface area contributed by atoms with Crippen LogP contribution in [0.2, 0.25) is 0 Å². The van der Waals surface area contributed by atoms with Gasteiger partial charge in [-0.2, -0.15) is 0 Å². The van der Waals surface area contributed by atoms with Crippen molar-refractivity contribution >= 4 is 11.9 Å². The quantitative estimate of drug-likeness (QED) is 0.907. The second kappa shape index (κ2) is 6.86. The van der Waals surface area contributed by atoms with Crippen LogP contribution in [0.4, 0.5) is 10.3 Å². The van der Waals surface area contributed by atoms with Crippen LogP contribution >= 0.6 is 0 Å². The smallest absolute Gasteiger partial charge is 0.225 e. The van der Waals surface area contributed by atoms with Gasteiger partial charge in [-0.15, -0.1) is 0 Å². The fraction of sp³-hybridized carbons (Fsp3) is 0.722. The van der Waals surface area contributed by atoms with E-state index in [1.54, 1.807) is 18.5 Å². The summed E-state index contributed by atoms with van der Waals surface area (Å²) in [7, 11) is 0. The number of alkyl halides is 1. The Labute approximate surface area is 147 Å². The van der Waals surface area contributed by atoms with Crippen LogP contribution in [0.15, 0.2) is 18.5 Å². The maximum Gasteiger partial charge on any atom is 0.225 e. The molecule has 1 unspecified atom stereocenters.